The average molecular weight is 427 g/mol. The highest BCUT2D eigenvalue weighted by Gasteiger charge is 2.31. The van der Waals surface area contributed by atoms with Crippen molar-refractivity contribution in [1.29, 1.82) is 0 Å². The number of sulfone groups is 1. The molecule has 1 saturated heterocycles. The third kappa shape index (κ3) is 3.69. The summed E-state index contributed by atoms with van der Waals surface area (Å²) < 4.78 is 41.3. The Balaban J connectivity index is 1.93. The van der Waals surface area contributed by atoms with Gasteiger partial charge in [0.25, 0.3) is 5.91 Å². The second-order valence-electron chi connectivity index (χ2n) is 7.95. The van der Waals surface area contributed by atoms with E-state index in [0.717, 1.165) is 24.5 Å². The number of fused-ring (bicyclic) bond motifs is 1. The zero-order chi connectivity index (χ0) is 21.5. The van der Waals surface area contributed by atoms with Gasteiger partial charge in [0.15, 0.2) is 0 Å². The largest absolute Gasteiger partial charge is 0.339 e. The number of aryl methyl sites for hydroxylation is 1. The molecule has 4 rings (SSSR count). The molecule has 0 spiro atoms. The molecule has 5 nitrogen and oxygen atoms in total. The van der Waals surface area contributed by atoms with Crippen molar-refractivity contribution in [2.24, 2.45) is 5.92 Å². The van der Waals surface area contributed by atoms with Gasteiger partial charge >= 0.3 is 0 Å². The molecule has 0 atom stereocenters. The maximum atomic E-state index is 14.1. The summed E-state index contributed by atoms with van der Waals surface area (Å²) in [6.45, 7) is 5.12. The normalized spacial score (nSPS) is 15.5. The molecule has 0 bridgehead atoms. The Kier molecular flexibility index (Phi) is 5.32. The van der Waals surface area contributed by atoms with Crippen LogP contribution in [-0.4, -0.2) is 37.3 Å². The quantitative estimate of drug-likeness (QED) is 0.623. The minimum Gasteiger partial charge on any atom is -0.339 e. The van der Waals surface area contributed by atoms with E-state index in [1.54, 1.807) is 17.0 Å². The van der Waals surface area contributed by atoms with Crippen molar-refractivity contribution in [2.45, 2.75) is 36.5 Å². The summed E-state index contributed by atoms with van der Waals surface area (Å²) in [6, 6.07) is 10.2. The van der Waals surface area contributed by atoms with Gasteiger partial charge in [0, 0.05) is 24.7 Å². The number of benzene rings is 2. The number of hydrogen-bond donors (Lipinski definition) is 0. The molecule has 1 fully saturated rings. The van der Waals surface area contributed by atoms with E-state index in [0.29, 0.717) is 24.5 Å². The maximum absolute atomic E-state index is 14.1. The Bertz CT molecular complexity index is 1220. The predicted octanol–water partition coefficient (Wildman–Crippen LogP) is 4.39. The second kappa shape index (κ2) is 7.80. The van der Waals surface area contributed by atoms with Gasteiger partial charge in [-0.25, -0.2) is 12.8 Å². The smallest absolute Gasteiger partial charge is 0.256 e. The highest BCUT2D eigenvalue weighted by atomic mass is 32.2. The number of aromatic nitrogens is 1. The Morgan fingerprint density at radius 1 is 1.10 bits per heavy atom. The number of halogens is 1. The summed E-state index contributed by atoms with van der Waals surface area (Å²) in [6.07, 6.45) is 3.03. The number of hydrogen-bond acceptors (Lipinski definition) is 4. The molecule has 0 aliphatic carbocycles. The number of likely N-dealkylation sites (tertiary alicyclic amines) is 1. The van der Waals surface area contributed by atoms with Crippen molar-refractivity contribution in [3.63, 3.8) is 0 Å². The molecule has 3 aromatic rings. The fourth-order valence-electron chi connectivity index (χ4n) is 3.80. The number of nitrogens with zero attached hydrogens (tertiary/aromatic N) is 2. The van der Waals surface area contributed by atoms with E-state index in [1.165, 1.54) is 30.5 Å². The van der Waals surface area contributed by atoms with Gasteiger partial charge in [-0.3, -0.25) is 9.78 Å². The topological polar surface area (TPSA) is 67.3 Å². The summed E-state index contributed by atoms with van der Waals surface area (Å²) in [5, 5.41) is 0.117. The summed E-state index contributed by atoms with van der Waals surface area (Å²) in [5.74, 6) is -0.444. The van der Waals surface area contributed by atoms with E-state index in [2.05, 4.69) is 11.9 Å². The fraction of sp³-hybridized carbons (Fsp3) is 0.304. The summed E-state index contributed by atoms with van der Waals surface area (Å²) in [5.41, 5.74) is 1.23. The van der Waals surface area contributed by atoms with Crippen molar-refractivity contribution < 1.29 is 17.6 Å². The van der Waals surface area contributed by atoms with Crippen LogP contribution in [0.4, 0.5) is 4.39 Å². The van der Waals surface area contributed by atoms with Gasteiger partial charge < -0.3 is 4.90 Å². The fourth-order valence-corrected chi connectivity index (χ4v) is 5.41. The number of amides is 1. The maximum Gasteiger partial charge on any atom is 0.256 e. The Labute approximate surface area is 175 Å². The van der Waals surface area contributed by atoms with Crippen LogP contribution in [0, 0.1) is 18.7 Å². The van der Waals surface area contributed by atoms with Crippen molar-refractivity contribution in [3.05, 3.63) is 65.6 Å². The first-order valence-electron chi connectivity index (χ1n) is 9.96. The molecule has 1 aliphatic heterocycles. The lowest BCUT2D eigenvalue weighted by Gasteiger charge is -2.30. The zero-order valence-electron chi connectivity index (χ0n) is 16.9. The van der Waals surface area contributed by atoms with Crippen LogP contribution in [-0.2, 0) is 9.84 Å². The molecule has 0 unspecified atom stereocenters. The lowest BCUT2D eigenvalue weighted by molar-refractivity contribution is 0.0693. The van der Waals surface area contributed by atoms with E-state index >= 15 is 0 Å². The van der Waals surface area contributed by atoms with Crippen molar-refractivity contribution in [2.75, 3.05) is 13.1 Å². The van der Waals surface area contributed by atoms with E-state index < -0.39 is 15.7 Å². The molecule has 0 radical (unpaired) electrons. The SMILES string of the molecule is Cc1ccc(S(=O)(=O)c2c(C(=O)N3CCC(C)CC3)cnc3ccc(F)cc23)cc1. The predicted molar refractivity (Wildman–Crippen MR) is 113 cm³/mol. The molecule has 156 valence electrons. The van der Waals surface area contributed by atoms with Crippen LogP contribution >= 0.6 is 0 Å². The van der Waals surface area contributed by atoms with Crippen LogP contribution in [0.5, 0.6) is 0 Å². The molecular weight excluding hydrogens is 403 g/mol. The van der Waals surface area contributed by atoms with Crippen LogP contribution in [0.1, 0.15) is 35.7 Å². The lowest BCUT2D eigenvalue weighted by atomic mass is 9.98. The first kappa shape index (κ1) is 20.5. The van der Waals surface area contributed by atoms with Crippen LogP contribution in [0.25, 0.3) is 10.9 Å². The minimum absolute atomic E-state index is 0.0109. The first-order valence-corrected chi connectivity index (χ1v) is 11.4. The average Bonchev–Trinajstić information content (AvgIpc) is 2.73. The van der Waals surface area contributed by atoms with Crippen LogP contribution in [0.2, 0.25) is 0 Å². The Hall–Kier alpha value is -2.80. The first-order chi connectivity index (χ1) is 14.3. The molecule has 7 heteroatoms. The molecule has 1 amide bonds. The summed E-state index contributed by atoms with van der Waals surface area (Å²) >= 11 is 0. The van der Waals surface area contributed by atoms with Gasteiger partial charge in [0.05, 0.1) is 20.9 Å². The minimum atomic E-state index is -4.08. The molecule has 2 aromatic carbocycles. The highest BCUT2D eigenvalue weighted by molar-refractivity contribution is 7.91. The van der Waals surface area contributed by atoms with Gasteiger partial charge in [-0.15, -0.1) is 0 Å². The molecule has 2 heterocycles. The number of carbonyl (C=O) groups excluding carboxylic acids is 1. The summed E-state index contributed by atoms with van der Waals surface area (Å²) in [4.78, 5) is 19.1. The van der Waals surface area contributed by atoms with Crippen molar-refractivity contribution in [3.8, 4) is 0 Å². The number of piperidine rings is 1. The standard InChI is InChI=1S/C23H23FN2O3S/c1-15-3-6-18(7-4-15)30(28,29)22-19-13-17(24)5-8-21(19)25-14-20(22)23(27)26-11-9-16(2)10-12-26/h3-8,13-14,16H,9-12H2,1-2H3. The van der Waals surface area contributed by atoms with Gasteiger partial charge in [0.1, 0.15) is 5.82 Å². The number of rotatable bonds is 3. The van der Waals surface area contributed by atoms with E-state index in [-0.39, 0.29) is 26.6 Å². The zero-order valence-corrected chi connectivity index (χ0v) is 17.7. The number of carbonyl (C=O) groups is 1. The van der Waals surface area contributed by atoms with E-state index in [9.17, 15) is 17.6 Å². The van der Waals surface area contributed by atoms with Crippen LogP contribution in [0.15, 0.2) is 58.5 Å². The van der Waals surface area contributed by atoms with Crippen LogP contribution < -0.4 is 0 Å². The third-order valence-electron chi connectivity index (χ3n) is 5.68. The molecule has 1 aliphatic rings. The highest BCUT2D eigenvalue weighted by Crippen LogP contribution is 2.32. The Morgan fingerprint density at radius 2 is 1.77 bits per heavy atom. The van der Waals surface area contributed by atoms with Gasteiger partial charge in [0.2, 0.25) is 9.84 Å². The van der Waals surface area contributed by atoms with Gasteiger partial charge in [-0.2, -0.15) is 0 Å². The molecule has 30 heavy (non-hydrogen) atoms. The van der Waals surface area contributed by atoms with Crippen molar-refractivity contribution >= 4 is 26.6 Å². The van der Waals surface area contributed by atoms with E-state index in [1.807, 2.05) is 6.92 Å². The van der Waals surface area contributed by atoms with Crippen LogP contribution in [0.3, 0.4) is 0 Å². The third-order valence-corrected chi connectivity index (χ3v) is 7.55. The number of pyridine rings is 1. The van der Waals surface area contributed by atoms with E-state index in [4.69, 9.17) is 0 Å². The Morgan fingerprint density at radius 3 is 2.43 bits per heavy atom. The molecule has 1 aromatic heterocycles. The monoisotopic (exact) mass is 426 g/mol. The summed E-state index contributed by atoms with van der Waals surface area (Å²) in [7, 11) is -4.08. The van der Waals surface area contributed by atoms with Gasteiger partial charge in [-0.05, 0) is 56.0 Å². The molecular formula is C23H23FN2O3S. The van der Waals surface area contributed by atoms with Gasteiger partial charge in [-0.1, -0.05) is 24.6 Å². The molecule has 0 N–H and O–H groups in total. The second-order valence-corrected chi connectivity index (χ2v) is 9.84. The van der Waals surface area contributed by atoms with Crippen molar-refractivity contribution in [1.82, 2.24) is 9.88 Å². The molecule has 0 saturated carbocycles. The lowest BCUT2D eigenvalue weighted by Crippen LogP contribution is -2.38.